The van der Waals surface area contributed by atoms with Gasteiger partial charge in [0.25, 0.3) is 0 Å². The van der Waals surface area contributed by atoms with Gasteiger partial charge in [-0.05, 0) is 25.0 Å². The first-order chi connectivity index (χ1) is 10.1. The predicted octanol–water partition coefficient (Wildman–Crippen LogP) is 3.08. The number of benzene rings is 1. The maximum Gasteiger partial charge on any atom is 0.340 e. The fourth-order valence-corrected chi connectivity index (χ4v) is 2.01. The SMILES string of the molecule is COC(=O)c1cccc(C#N)c1NC(=O)CCCCCCl. The Hall–Kier alpha value is -2.06. The number of hydrogen-bond donors (Lipinski definition) is 1. The number of methoxy groups -OCH3 is 1. The molecule has 0 saturated carbocycles. The van der Waals surface area contributed by atoms with Crippen LogP contribution in [0.15, 0.2) is 18.2 Å². The standard InChI is InChI=1S/C15H17ClN2O3/c1-21-15(20)12-7-5-6-11(10-17)14(12)18-13(19)8-3-2-4-9-16/h5-7H,2-4,8-9H2,1H3,(H,18,19). The van der Waals surface area contributed by atoms with Gasteiger partial charge >= 0.3 is 5.97 Å². The van der Waals surface area contributed by atoms with Crippen molar-refractivity contribution in [1.29, 1.82) is 5.26 Å². The highest BCUT2D eigenvalue weighted by molar-refractivity contribution is 6.17. The molecule has 0 aromatic heterocycles. The molecule has 0 fully saturated rings. The number of unbranched alkanes of at least 4 members (excludes halogenated alkanes) is 2. The summed E-state index contributed by atoms with van der Waals surface area (Å²) < 4.78 is 4.66. The fourth-order valence-electron chi connectivity index (χ4n) is 1.82. The van der Waals surface area contributed by atoms with Crippen LogP contribution in [0.2, 0.25) is 0 Å². The molecule has 0 saturated heterocycles. The van der Waals surface area contributed by atoms with E-state index in [9.17, 15) is 9.59 Å². The summed E-state index contributed by atoms with van der Waals surface area (Å²) in [6.07, 6.45) is 2.75. The highest BCUT2D eigenvalue weighted by Crippen LogP contribution is 2.22. The lowest BCUT2D eigenvalue weighted by molar-refractivity contribution is -0.116. The topological polar surface area (TPSA) is 79.2 Å². The number of amides is 1. The number of hydrogen-bond acceptors (Lipinski definition) is 4. The molecule has 5 nitrogen and oxygen atoms in total. The van der Waals surface area contributed by atoms with E-state index >= 15 is 0 Å². The largest absolute Gasteiger partial charge is 0.465 e. The van der Waals surface area contributed by atoms with E-state index in [1.807, 2.05) is 6.07 Å². The van der Waals surface area contributed by atoms with Gasteiger partial charge in [0.15, 0.2) is 0 Å². The van der Waals surface area contributed by atoms with Gasteiger partial charge in [0.2, 0.25) is 5.91 Å². The number of alkyl halides is 1. The van der Waals surface area contributed by atoms with Crippen LogP contribution in [0.3, 0.4) is 0 Å². The first-order valence-corrected chi connectivity index (χ1v) is 7.14. The summed E-state index contributed by atoms with van der Waals surface area (Å²) in [5.74, 6) is -0.257. The van der Waals surface area contributed by atoms with Crippen LogP contribution in [0, 0.1) is 11.3 Å². The zero-order valence-electron chi connectivity index (χ0n) is 11.8. The molecule has 0 heterocycles. The number of ether oxygens (including phenoxy) is 1. The monoisotopic (exact) mass is 308 g/mol. The van der Waals surface area contributed by atoms with Gasteiger partial charge in [-0.2, -0.15) is 5.26 Å². The Kier molecular flexibility index (Phi) is 7.27. The van der Waals surface area contributed by atoms with Crippen LogP contribution in [0.1, 0.15) is 41.6 Å². The number of carbonyl (C=O) groups excluding carboxylic acids is 2. The van der Waals surface area contributed by atoms with Crippen molar-refractivity contribution in [1.82, 2.24) is 0 Å². The second-order valence-corrected chi connectivity index (χ2v) is 4.76. The van der Waals surface area contributed by atoms with Gasteiger partial charge in [0.1, 0.15) is 6.07 Å². The summed E-state index contributed by atoms with van der Waals surface area (Å²) in [4.78, 5) is 23.6. The second-order valence-electron chi connectivity index (χ2n) is 4.38. The summed E-state index contributed by atoms with van der Waals surface area (Å²) in [6, 6.07) is 6.57. The molecule has 0 radical (unpaired) electrons. The molecule has 0 aliphatic carbocycles. The number of anilines is 1. The smallest absolute Gasteiger partial charge is 0.340 e. The van der Waals surface area contributed by atoms with Gasteiger partial charge in [0.05, 0.1) is 23.9 Å². The molecule has 0 spiro atoms. The number of carbonyl (C=O) groups is 2. The van der Waals surface area contributed by atoms with Gasteiger partial charge in [0, 0.05) is 12.3 Å². The Balaban J connectivity index is 2.83. The van der Waals surface area contributed by atoms with Gasteiger partial charge in [-0.1, -0.05) is 12.5 Å². The predicted molar refractivity (Wildman–Crippen MR) is 80.3 cm³/mol. The summed E-state index contributed by atoms with van der Waals surface area (Å²) in [5, 5.41) is 11.7. The Bertz CT molecular complexity index is 552. The Labute approximate surface area is 128 Å². The van der Waals surface area contributed by atoms with E-state index in [1.165, 1.54) is 19.2 Å². The minimum atomic E-state index is -0.593. The molecule has 0 aliphatic heterocycles. The molecule has 1 rings (SSSR count). The number of esters is 1. The van der Waals surface area contributed by atoms with Crippen LogP contribution in [-0.4, -0.2) is 24.9 Å². The molecule has 1 aromatic carbocycles. The van der Waals surface area contributed by atoms with Crippen LogP contribution in [0.25, 0.3) is 0 Å². The molecular formula is C15H17ClN2O3. The quantitative estimate of drug-likeness (QED) is 0.477. The third-order valence-corrected chi connectivity index (χ3v) is 3.16. The maximum atomic E-state index is 11.9. The first kappa shape index (κ1) is 17.0. The second kappa shape index (κ2) is 8.98. The summed E-state index contributed by atoms with van der Waals surface area (Å²) in [6.45, 7) is 0. The van der Waals surface area contributed by atoms with E-state index in [-0.39, 0.29) is 22.7 Å². The summed E-state index contributed by atoms with van der Waals surface area (Å²) in [7, 11) is 1.25. The summed E-state index contributed by atoms with van der Waals surface area (Å²) in [5.41, 5.74) is 0.604. The van der Waals surface area contributed by atoms with Crippen molar-refractivity contribution in [2.24, 2.45) is 0 Å². The van der Waals surface area contributed by atoms with Crippen molar-refractivity contribution in [3.8, 4) is 6.07 Å². The van der Waals surface area contributed by atoms with E-state index in [0.29, 0.717) is 18.7 Å². The number of nitrogens with zero attached hydrogens (tertiary/aromatic N) is 1. The van der Waals surface area contributed by atoms with Crippen LogP contribution in [0.5, 0.6) is 0 Å². The lowest BCUT2D eigenvalue weighted by atomic mass is 10.1. The van der Waals surface area contributed by atoms with Crippen LogP contribution in [0.4, 0.5) is 5.69 Å². The molecule has 0 atom stereocenters. The third kappa shape index (κ3) is 5.09. The van der Waals surface area contributed by atoms with Gasteiger partial charge in [-0.15, -0.1) is 11.6 Å². The summed E-state index contributed by atoms with van der Waals surface area (Å²) >= 11 is 5.57. The van der Waals surface area contributed by atoms with Crippen molar-refractivity contribution in [2.45, 2.75) is 25.7 Å². The molecule has 0 bridgehead atoms. The molecule has 112 valence electrons. The molecule has 1 amide bonds. The molecule has 21 heavy (non-hydrogen) atoms. The van der Waals surface area contributed by atoms with Gasteiger partial charge in [-0.3, -0.25) is 4.79 Å². The Morgan fingerprint density at radius 3 is 2.71 bits per heavy atom. The van der Waals surface area contributed by atoms with Crippen LogP contribution < -0.4 is 5.32 Å². The highest BCUT2D eigenvalue weighted by atomic mass is 35.5. The van der Waals surface area contributed by atoms with Crippen LogP contribution in [-0.2, 0) is 9.53 Å². The number of halogens is 1. The lowest BCUT2D eigenvalue weighted by Crippen LogP contribution is -2.16. The average molecular weight is 309 g/mol. The Morgan fingerprint density at radius 2 is 2.10 bits per heavy atom. The van der Waals surface area contributed by atoms with E-state index < -0.39 is 5.97 Å². The van der Waals surface area contributed by atoms with Gasteiger partial charge in [-0.25, -0.2) is 4.79 Å². The van der Waals surface area contributed by atoms with Crippen molar-refractivity contribution < 1.29 is 14.3 Å². The Morgan fingerprint density at radius 1 is 1.33 bits per heavy atom. The molecule has 0 aliphatic rings. The number of rotatable bonds is 7. The van der Waals surface area contributed by atoms with Crippen molar-refractivity contribution >= 4 is 29.2 Å². The zero-order chi connectivity index (χ0) is 15.7. The molecule has 1 aromatic rings. The first-order valence-electron chi connectivity index (χ1n) is 6.61. The molecular weight excluding hydrogens is 292 g/mol. The van der Waals surface area contributed by atoms with E-state index in [2.05, 4.69) is 10.1 Å². The normalized spacial score (nSPS) is 9.76. The van der Waals surface area contributed by atoms with Crippen molar-refractivity contribution in [2.75, 3.05) is 18.3 Å². The lowest BCUT2D eigenvalue weighted by Gasteiger charge is -2.11. The average Bonchev–Trinajstić information content (AvgIpc) is 2.51. The van der Waals surface area contributed by atoms with Gasteiger partial charge < -0.3 is 10.1 Å². The number of para-hydroxylation sites is 1. The molecule has 0 unspecified atom stereocenters. The third-order valence-electron chi connectivity index (χ3n) is 2.89. The number of nitrogens with one attached hydrogen (secondary N) is 1. The minimum absolute atomic E-state index is 0.172. The fraction of sp³-hybridized carbons (Fsp3) is 0.400. The zero-order valence-corrected chi connectivity index (χ0v) is 12.6. The minimum Gasteiger partial charge on any atom is -0.465 e. The maximum absolute atomic E-state index is 11.9. The van der Waals surface area contributed by atoms with E-state index in [1.54, 1.807) is 6.07 Å². The van der Waals surface area contributed by atoms with Crippen molar-refractivity contribution in [3.05, 3.63) is 29.3 Å². The number of nitriles is 1. The molecule has 6 heteroatoms. The van der Waals surface area contributed by atoms with Crippen LogP contribution >= 0.6 is 11.6 Å². The van der Waals surface area contributed by atoms with E-state index in [4.69, 9.17) is 16.9 Å². The molecule has 1 N–H and O–H groups in total. The van der Waals surface area contributed by atoms with Crippen molar-refractivity contribution in [3.63, 3.8) is 0 Å². The highest BCUT2D eigenvalue weighted by Gasteiger charge is 2.17. The van der Waals surface area contributed by atoms with E-state index in [0.717, 1.165) is 12.8 Å².